The molecular formula is C31H50O. The molecule has 0 aromatic heterocycles. The number of benzene rings is 1. The molecule has 1 atom stereocenters. The van der Waals surface area contributed by atoms with Crippen LogP contribution in [0.1, 0.15) is 128 Å². The van der Waals surface area contributed by atoms with Gasteiger partial charge in [-0.15, -0.1) is 0 Å². The van der Waals surface area contributed by atoms with Crippen molar-refractivity contribution in [1.29, 1.82) is 0 Å². The van der Waals surface area contributed by atoms with Crippen LogP contribution < -0.4 is 0 Å². The molecule has 0 spiro atoms. The summed E-state index contributed by atoms with van der Waals surface area (Å²) in [4.78, 5) is 0. The molecule has 32 heavy (non-hydrogen) atoms. The van der Waals surface area contributed by atoms with Gasteiger partial charge in [0.25, 0.3) is 0 Å². The van der Waals surface area contributed by atoms with Gasteiger partial charge in [-0.2, -0.15) is 0 Å². The van der Waals surface area contributed by atoms with Gasteiger partial charge >= 0.3 is 0 Å². The van der Waals surface area contributed by atoms with Crippen molar-refractivity contribution in [1.82, 2.24) is 0 Å². The number of ether oxygens (including phenoxy) is 1. The van der Waals surface area contributed by atoms with Gasteiger partial charge in [-0.25, -0.2) is 0 Å². The van der Waals surface area contributed by atoms with Crippen LogP contribution in [0.5, 0.6) is 0 Å². The van der Waals surface area contributed by atoms with Crippen molar-refractivity contribution in [2.75, 3.05) is 6.61 Å². The minimum atomic E-state index is 0.526. The monoisotopic (exact) mass is 438 g/mol. The third-order valence-corrected chi connectivity index (χ3v) is 6.88. The van der Waals surface area contributed by atoms with Crippen molar-refractivity contribution in [3.8, 4) is 0 Å². The van der Waals surface area contributed by atoms with E-state index in [4.69, 9.17) is 4.74 Å². The molecule has 0 fully saturated rings. The zero-order valence-corrected chi connectivity index (χ0v) is 21.5. The molecule has 0 N–H and O–H groups in total. The standard InChI is InChI=1S/C31H50O/c1-4-6-8-10-12-14-16-18-28-19-21-29(22-20-28)31-24-23-30(26-27(31)3)32-25-17-15-13-11-9-7-5-2/h19-24,27H,4-18,25-26H2,1-3H3. The van der Waals surface area contributed by atoms with Gasteiger partial charge in [0.05, 0.1) is 12.4 Å². The Hall–Kier alpha value is -1.50. The summed E-state index contributed by atoms with van der Waals surface area (Å²) in [5.74, 6) is 1.70. The molecule has 0 heterocycles. The number of rotatable bonds is 18. The molecule has 0 aliphatic heterocycles. The Morgan fingerprint density at radius 3 is 1.84 bits per heavy atom. The second-order valence-electron chi connectivity index (χ2n) is 9.90. The first-order valence-corrected chi connectivity index (χ1v) is 13.9. The predicted octanol–water partition coefficient (Wildman–Crippen LogP) is 10.1. The smallest absolute Gasteiger partial charge is 0.0965 e. The van der Waals surface area contributed by atoms with Gasteiger partial charge in [0.1, 0.15) is 0 Å². The molecule has 0 amide bonds. The molecule has 0 saturated heterocycles. The molecule has 0 bridgehead atoms. The first kappa shape index (κ1) is 26.7. The Morgan fingerprint density at radius 1 is 0.688 bits per heavy atom. The van der Waals surface area contributed by atoms with E-state index in [1.165, 1.54) is 119 Å². The minimum absolute atomic E-state index is 0.526. The maximum atomic E-state index is 6.09. The van der Waals surface area contributed by atoms with Crippen LogP contribution in [0.3, 0.4) is 0 Å². The second kappa shape index (κ2) is 17.0. The van der Waals surface area contributed by atoms with Gasteiger partial charge in [0.2, 0.25) is 0 Å². The van der Waals surface area contributed by atoms with Crippen LogP contribution in [0.25, 0.3) is 5.57 Å². The van der Waals surface area contributed by atoms with E-state index in [9.17, 15) is 0 Å². The van der Waals surface area contributed by atoms with E-state index in [1.807, 2.05) is 0 Å². The van der Waals surface area contributed by atoms with Crippen LogP contribution in [0.4, 0.5) is 0 Å². The summed E-state index contributed by atoms with van der Waals surface area (Å²) >= 11 is 0. The largest absolute Gasteiger partial charge is 0.498 e. The van der Waals surface area contributed by atoms with E-state index in [1.54, 1.807) is 0 Å². The van der Waals surface area contributed by atoms with Crippen molar-refractivity contribution < 1.29 is 4.74 Å². The highest BCUT2D eigenvalue weighted by atomic mass is 16.5. The first-order valence-electron chi connectivity index (χ1n) is 13.9. The van der Waals surface area contributed by atoms with Crippen LogP contribution in [0, 0.1) is 5.92 Å². The highest BCUT2D eigenvalue weighted by molar-refractivity contribution is 5.70. The van der Waals surface area contributed by atoms with Crippen LogP contribution >= 0.6 is 0 Å². The van der Waals surface area contributed by atoms with E-state index in [-0.39, 0.29) is 0 Å². The van der Waals surface area contributed by atoms with Crippen LogP contribution in [-0.4, -0.2) is 6.61 Å². The zero-order valence-electron chi connectivity index (χ0n) is 21.5. The maximum Gasteiger partial charge on any atom is 0.0965 e. The average molecular weight is 439 g/mol. The minimum Gasteiger partial charge on any atom is -0.498 e. The van der Waals surface area contributed by atoms with Crippen molar-refractivity contribution in [3.63, 3.8) is 0 Å². The predicted molar refractivity (Wildman–Crippen MR) is 142 cm³/mol. The SMILES string of the molecule is CCCCCCCCCOC1=CC=C(c2ccc(CCCCCCCCC)cc2)C(C)C1. The highest BCUT2D eigenvalue weighted by Gasteiger charge is 2.17. The normalized spacial score (nSPS) is 16.0. The van der Waals surface area contributed by atoms with Crippen LogP contribution in [-0.2, 0) is 11.2 Å². The number of hydrogen-bond donors (Lipinski definition) is 0. The summed E-state index contributed by atoms with van der Waals surface area (Å²) in [5.41, 5.74) is 4.32. The summed E-state index contributed by atoms with van der Waals surface area (Å²) in [7, 11) is 0. The van der Waals surface area contributed by atoms with Gasteiger partial charge in [-0.1, -0.05) is 128 Å². The van der Waals surface area contributed by atoms with E-state index >= 15 is 0 Å². The zero-order chi connectivity index (χ0) is 22.9. The third kappa shape index (κ3) is 10.9. The quantitative estimate of drug-likeness (QED) is 0.207. The van der Waals surface area contributed by atoms with E-state index in [0.717, 1.165) is 13.0 Å². The molecule has 1 nitrogen and oxygen atoms in total. The van der Waals surface area contributed by atoms with E-state index in [0.29, 0.717) is 5.92 Å². The van der Waals surface area contributed by atoms with E-state index < -0.39 is 0 Å². The van der Waals surface area contributed by atoms with Crippen LogP contribution in [0.2, 0.25) is 0 Å². The number of allylic oxidation sites excluding steroid dienone is 4. The van der Waals surface area contributed by atoms with Crippen molar-refractivity contribution in [2.45, 2.75) is 124 Å². The van der Waals surface area contributed by atoms with Crippen molar-refractivity contribution in [2.24, 2.45) is 5.92 Å². The molecule has 1 aromatic carbocycles. The molecule has 1 unspecified atom stereocenters. The lowest BCUT2D eigenvalue weighted by molar-refractivity contribution is 0.190. The molecule has 1 aliphatic rings. The Balaban J connectivity index is 1.68. The third-order valence-electron chi connectivity index (χ3n) is 6.88. The number of aryl methyl sites for hydroxylation is 1. The molecule has 1 aromatic rings. The van der Waals surface area contributed by atoms with Gasteiger partial charge in [-0.05, 0) is 48.0 Å². The fraction of sp³-hybridized carbons (Fsp3) is 0.677. The summed E-state index contributed by atoms with van der Waals surface area (Å²) in [6.07, 6.45) is 25.8. The topological polar surface area (TPSA) is 9.23 Å². The van der Waals surface area contributed by atoms with Crippen LogP contribution in [0.15, 0.2) is 42.2 Å². The second-order valence-corrected chi connectivity index (χ2v) is 9.90. The maximum absolute atomic E-state index is 6.09. The average Bonchev–Trinajstić information content (AvgIpc) is 2.81. The fourth-order valence-corrected chi connectivity index (χ4v) is 4.73. The summed E-state index contributed by atoms with van der Waals surface area (Å²) in [6, 6.07) is 9.35. The van der Waals surface area contributed by atoms with Gasteiger partial charge in [0.15, 0.2) is 0 Å². The molecule has 1 aliphatic carbocycles. The summed E-state index contributed by atoms with van der Waals surface area (Å²) in [5, 5.41) is 0. The number of hydrogen-bond acceptors (Lipinski definition) is 1. The molecule has 1 heteroatoms. The van der Waals surface area contributed by atoms with Gasteiger partial charge in [0, 0.05) is 6.42 Å². The Bertz CT molecular complexity index is 652. The number of unbranched alkanes of at least 4 members (excludes halogenated alkanes) is 12. The fourth-order valence-electron chi connectivity index (χ4n) is 4.73. The molecule has 2 rings (SSSR count). The lowest BCUT2D eigenvalue weighted by Crippen LogP contribution is -2.08. The molecule has 180 valence electrons. The highest BCUT2D eigenvalue weighted by Crippen LogP contribution is 2.33. The lowest BCUT2D eigenvalue weighted by atomic mass is 9.87. The van der Waals surface area contributed by atoms with Crippen molar-refractivity contribution >= 4 is 5.57 Å². The molecule has 0 radical (unpaired) electrons. The van der Waals surface area contributed by atoms with Gasteiger partial charge in [-0.3, -0.25) is 0 Å². The van der Waals surface area contributed by atoms with E-state index in [2.05, 4.69) is 57.2 Å². The summed E-state index contributed by atoms with van der Waals surface area (Å²) < 4.78 is 6.09. The Labute approximate surface area is 199 Å². The molecular weight excluding hydrogens is 388 g/mol. The lowest BCUT2D eigenvalue weighted by Gasteiger charge is -2.22. The Kier molecular flexibility index (Phi) is 14.2. The van der Waals surface area contributed by atoms with Gasteiger partial charge < -0.3 is 4.74 Å². The first-order chi connectivity index (χ1) is 15.7. The molecule has 0 saturated carbocycles. The summed E-state index contributed by atoms with van der Waals surface area (Å²) in [6.45, 7) is 7.78. The van der Waals surface area contributed by atoms with Crippen molar-refractivity contribution in [3.05, 3.63) is 53.3 Å². The Morgan fingerprint density at radius 2 is 1.25 bits per heavy atom.